The molecule has 0 saturated heterocycles. The largest absolute Gasteiger partial charge is 0.481 e. The van der Waals surface area contributed by atoms with Crippen LogP contribution in [0, 0.1) is 0 Å². The van der Waals surface area contributed by atoms with E-state index in [1.165, 1.54) is 11.1 Å². The van der Waals surface area contributed by atoms with Crippen molar-refractivity contribution in [3.8, 4) is 0 Å². The summed E-state index contributed by atoms with van der Waals surface area (Å²) in [6, 6.07) is 5.51. The zero-order chi connectivity index (χ0) is 10.8. The predicted molar refractivity (Wildman–Crippen MR) is 55.1 cm³/mol. The fourth-order valence-corrected chi connectivity index (χ4v) is 1.98. The molecule has 3 nitrogen and oxygen atoms in total. The van der Waals surface area contributed by atoms with Crippen LogP contribution in [0.15, 0.2) is 18.2 Å². The van der Waals surface area contributed by atoms with Crippen LogP contribution in [0.5, 0.6) is 0 Å². The number of carboxylic acids is 1. The molecule has 0 atom stereocenters. The van der Waals surface area contributed by atoms with Gasteiger partial charge in [-0.2, -0.15) is 0 Å². The van der Waals surface area contributed by atoms with Crippen molar-refractivity contribution >= 4 is 11.8 Å². The molecule has 1 aromatic carbocycles. The minimum absolute atomic E-state index is 0.308. The summed E-state index contributed by atoms with van der Waals surface area (Å²) in [4.78, 5) is 21.9. The Morgan fingerprint density at radius 2 is 1.93 bits per heavy atom. The summed E-state index contributed by atoms with van der Waals surface area (Å²) in [5.41, 5.74) is 3.02. The number of carbonyl (C=O) groups excluding carboxylic acids is 1. The van der Waals surface area contributed by atoms with Crippen molar-refractivity contribution in [2.24, 2.45) is 0 Å². The van der Waals surface area contributed by atoms with Crippen molar-refractivity contribution in [2.45, 2.75) is 25.7 Å². The molecular weight excluding hydrogens is 192 g/mol. The fraction of sp³-hybridized carbons (Fsp3) is 0.333. The molecule has 1 N–H and O–H groups in total. The third-order valence-corrected chi connectivity index (χ3v) is 2.73. The molecule has 3 heteroatoms. The van der Waals surface area contributed by atoms with Crippen molar-refractivity contribution in [3.05, 3.63) is 34.9 Å². The minimum atomic E-state index is -1.07. The van der Waals surface area contributed by atoms with Crippen molar-refractivity contribution in [3.63, 3.8) is 0 Å². The van der Waals surface area contributed by atoms with Gasteiger partial charge in [0.15, 0.2) is 5.78 Å². The standard InChI is InChI=1S/C12H12O3/c13-11(7-12(14)15)10-5-4-8-2-1-3-9(8)6-10/h4-6H,1-3,7H2,(H,14,15). The van der Waals surface area contributed by atoms with E-state index in [-0.39, 0.29) is 5.78 Å². The van der Waals surface area contributed by atoms with Crippen LogP contribution in [0.4, 0.5) is 0 Å². The summed E-state index contributed by atoms with van der Waals surface area (Å²) in [5.74, 6) is -1.38. The lowest BCUT2D eigenvalue weighted by Crippen LogP contribution is -2.07. The van der Waals surface area contributed by atoms with Gasteiger partial charge < -0.3 is 5.11 Å². The van der Waals surface area contributed by atoms with E-state index in [4.69, 9.17) is 5.11 Å². The van der Waals surface area contributed by atoms with Gasteiger partial charge in [0.05, 0.1) is 0 Å². The lowest BCUT2D eigenvalue weighted by Gasteiger charge is -2.02. The summed E-state index contributed by atoms with van der Waals surface area (Å²) < 4.78 is 0. The second-order valence-electron chi connectivity index (χ2n) is 3.83. The Hall–Kier alpha value is -1.64. The molecule has 1 aliphatic carbocycles. The molecule has 2 rings (SSSR count). The van der Waals surface area contributed by atoms with Gasteiger partial charge in [-0.1, -0.05) is 12.1 Å². The van der Waals surface area contributed by atoms with E-state index in [1.54, 1.807) is 6.07 Å². The molecule has 1 aliphatic rings. The van der Waals surface area contributed by atoms with Crippen LogP contribution in [-0.4, -0.2) is 16.9 Å². The first-order valence-electron chi connectivity index (χ1n) is 5.03. The lowest BCUT2D eigenvalue weighted by atomic mass is 10.0. The molecular formula is C12H12O3. The summed E-state index contributed by atoms with van der Waals surface area (Å²) >= 11 is 0. The molecule has 0 spiro atoms. The van der Waals surface area contributed by atoms with Crippen molar-refractivity contribution < 1.29 is 14.7 Å². The number of rotatable bonds is 3. The van der Waals surface area contributed by atoms with E-state index < -0.39 is 12.4 Å². The zero-order valence-electron chi connectivity index (χ0n) is 8.32. The summed E-state index contributed by atoms with van der Waals surface area (Å²) in [6.45, 7) is 0. The molecule has 0 aromatic heterocycles. The molecule has 0 heterocycles. The Morgan fingerprint density at radius 1 is 1.20 bits per heavy atom. The average molecular weight is 204 g/mol. The lowest BCUT2D eigenvalue weighted by molar-refractivity contribution is -0.135. The van der Waals surface area contributed by atoms with Crippen LogP contribution in [0.25, 0.3) is 0 Å². The van der Waals surface area contributed by atoms with E-state index in [1.807, 2.05) is 12.1 Å². The highest BCUT2D eigenvalue weighted by Gasteiger charge is 2.15. The van der Waals surface area contributed by atoms with Crippen LogP contribution in [0.3, 0.4) is 0 Å². The van der Waals surface area contributed by atoms with Gasteiger partial charge in [0.25, 0.3) is 0 Å². The molecule has 78 valence electrons. The average Bonchev–Trinajstić information content (AvgIpc) is 2.62. The second kappa shape index (κ2) is 3.85. The van der Waals surface area contributed by atoms with Crippen LogP contribution in [0.1, 0.15) is 34.3 Å². The molecule has 0 unspecified atom stereocenters. The van der Waals surface area contributed by atoms with Crippen molar-refractivity contribution in [1.29, 1.82) is 0 Å². The maximum Gasteiger partial charge on any atom is 0.311 e. The molecule has 0 fully saturated rings. The Labute approximate surface area is 87.7 Å². The fourth-order valence-electron chi connectivity index (χ4n) is 1.98. The highest BCUT2D eigenvalue weighted by Crippen LogP contribution is 2.23. The Morgan fingerprint density at radius 3 is 2.67 bits per heavy atom. The maximum absolute atomic E-state index is 11.5. The third-order valence-electron chi connectivity index (χ3n) is 2.73. The monoisotopic (exact) mass is 204 g/mol. The van der Waals surface area contributed by atoms with Crippen LogP contribution < -0.4 is 0 Å². The van der Waals surface area contributed by atoms with Crippen molar-refractivity contribution in [1.82, 2.24) is 0 Å². The number of carbonyl (C=O) groups is 2. The molecule has 0 saturated carbocycles. The second-order valence-corrected chi connectivity index (χ2v) is 3.83. The number of hydrogen-bond acceptors (Lipinski definition) is 2. The van der Waals surface area contributed by atoms with Gasteiger partial charge in [-0.05, 0) is 36.5 Å². The molecule has 1 aromatic rings. The molecule has 0 bridgehead atoms. The van der Waals surface area contributed by atoms with Crippen LogP contribution >= 0.6 is 0 Å². The van der Waals surface area contributed by atoms with Crippen LogP contribution in [0.2, 0.25) is 0 Å². The smallest absolute Gasteiger partial charge is 0.311 e. The van der Waals surface area contributed by atoms with E-state index in [0.717, 1.165) is 19.3 Å². The SMILES string of the molecule is O=C(O)CC(=O)c1ccc2c(c1)CCC2. The first kappa shape index (κ1) is 9.90. The quantitative estimate of drug-likeness (QED) is 0.603. The van der Waals surface area contributed by atoms with E-state index in [0.29, 0.717) is 5.56 Å². The van der Waals surface area contributed by atoms with E-state index in [2.05, 4.69) is 0 Å². The van der Waals surface area contributed by atoms with Crippen molar-refractivity contribution in [2.75, 3.05) is 0 Å². The summed E-state index contributed by atoms with van der Waals surface area (Å²) in [6.07, 6.45) is 2.79. The molecule has 0 radical (unpaired) electrons. The minimum Gasteiger partial charge on any atom is -0.481 e. The number of fused-ring (bicyclic) bond motifs is 1. The maximum atomic E-state index is 11.5. The number of ketones is 1. The molecule has 0 amide bonds. The van der Waals surface area contributed by atoms with E-state index >= 15 is 0 Å². The topological polar surface area (TPSA) is 54.4 Å². The normalized spacial score (nSPS) is 13.6. The summed E-state index contributed by atoms with van der Waals surface area (Å²) in [7, 11) is 0. The third kappa shape index (κ3) is 2.06. The highest BCUT2D eigenvalue weighted by molar-refractivity contribution is 6.05. The Bertz CT molecular complexity index is 421. The van der Waals surface area contributed by atoms with Gasteiger partial charge in [0, 0.05) is 5.56 Å². The number of benzene rings is 1. The zero-order valence-corrected chi connectivity index (χ0v) is 8.32. The Kier molecular flexibility index (Phi) is 2.54. The predicted octanol–water partition coefficient (Wildman–Crippen LogP) is 1.83. The number of carboxylic acid groups (broad SMARTS) is 1. The van der Waals surface area contributed by atoms with E-state index in [9.17, 15) is 9.59 Å². The van der Waals surface area contributed by atoms with Crippen LogP contribution in [-0.2, 0) is 17.6 Å². The van der Waals surface area contributed by atoms with Gasteiger partial charge in [0.1, 0.15) is 6.42 Å². The highest BCUT2D eigenvalue weighted by atomic mass is 16.4. The van der Waals surface area contributed by atoms with Gasteiger partial charge in [0.2, 0.25) is 0 Å². The first-order chi connectivity index (χ1) is 7.16. The summed E-state index contributed by atoms with van der Waals surface area (Å²) in [5, 5.41) is 8.52. The number of Topliss-reactive ketones (excluding diaryl/α,β-unsaturated/α-hetero) is 1. The molecule has 15 heavy (non-hydrogen) atoms. The first-order valence-corrected chi connectivity index (χ1v) is 5.03. The Balaban J connectivity index is 2.23. The van der Waals surface area contributed by atoms with Gasteiger partial charge in [-0.15, -0.1) is 0 Å². The van der Waals surface area contributed by atoms with Gasteiger partial charge in [-0.25, -0.2) is 0 Å². The molecule has 0 aliphatic heterocycles. The van der Waals surface area contributed by atoms with Gasteiger partial charge >= 0.3 is 5.97 Å². The van der Waals surface area contributed by atoms with Gasteiger partial charge in [-0.3, -0.25) is 9.59 Å². The number of hydrogen-bond donors (Lipinski definition) is 1. The number of aryl methyl sites for hydroxylation is 2. The number of aliphatic carboxylic acids is 1.